The fourth-order valence-corrected chi connectivity index (χ4v) is 2.24. The van der Waals surface area contributed by atoms with Crippen molar-refractivity contribution in [3.8, 4) is 0 Å². The Labute approximate surface area is 100 Å². The van der Waals surface area contributed by atoms with Crippen molar-refractivity contribution < 1.29 is 4.84 Å². The Kier molecular flexibility index (Phi) is 2.60. The maximum absolute atomic E-state index is 5.75. The van der Waals surface area contributed by atoms with Crippen LogP contribution in [0.2, 0.25) is 0 Å². The fraction of sp³-hybridized carbons (Fsp3) is 0.462. The lowest BCUT2D eigenvalue weighted by Gasteiger charge is -2.03. The molecule has 16 heavy (non-hydrogen) atoms. The molecule has 1 heterocycles. The van der Waals surface area contributed by atoms with Crippen molar-refractivity contribution in [2.45, 2.75) is 31.3 Å². The molecule has 2 nitrogen and oxygen atoms in total. The number of alkyl halides is 1. The fourth-order valence-electron chi connectivity index (χ4n) is 2.07. The second-order valence-electron chi connectivity index (χ2n) is 4.52. The zero-order valence-corrected chi connectivity index (χ0v) is 9.78. The second-order valence-corrected chi connectivity index (χ2v) is 4.83. The minimum Gasteiger partial charge on any atom is -0.391 e. The van der Waals surface area contributed by atoms with Gasteiger partial charge in [-0.2, -0.15) is 0 Å². The highest BCUT2D eigenvalue weighted by Crippen LogP contribution is 2.40. The summed E-state index contributed by atoms with van der Waals surface area (Å²) >= 11 is 5.75. The van der Waals surface area contributed by atoms with E-state index in [2.05, 4.69) is 29.4 Å². The first kappa shape index (κ1) is 10.2. The van der Waals surface area contributed by atoms with Crippen LogP contribution >= 0.6 is 11.6 Å². The van der Waals surface area contributed by atoms with Gasteiger partial charge in [0.05, 0.1) is 11.6 Å². The van der Waals surface area contributed by atoms with Gasteiger partial charge in [0.25, 0.3) is 0 Å². The number of hydrogen-bond donors (Lipinski definition) is 0. The van der Waals surface area contributed by atoms with Gasteiger partial charge in [0, 0.05) is 6.42 Å². The molecule has 1 aromatic rings. The molecule has 1 fully saturated rings. The molecule has 1 aromatic carbocycles. The third-order valence-corrected chi connectivity index (χ3v) is 3.52. The Balaban J connectivity index is 1.81. The van der Waals surface area contributed by atoms with Gasteiger partial charge in [-0.1, -0.05) is 23.4 Å². The number of benzene rings is 1. The molecule has 0 saturated heterocycles. The molecule has 0 spiro atoms. The van der Waals surface area contributed by atoms with E-state index in [1.165, 1.54) is 24.0 Å². The highest BCUT2D eigenvalue weighted by atomic mass is 35.5. The van der Waals surface area contributed by atoms with Gasteiger partial charge >= 0.3 is 0 Å². The molecule has 1 aliphatic carbocycles. The monoisotopic (exact) mass is 235 g/mol. The molecule has 3 heteroatoms. The molecule has 0 aromatic heterocycles. The van der Waals surface area contributed by atoms with Crippen LogP contribution in [0.1, 0.15) is 36.3 Å². The Morgan fingerprint density at radius 1 is 1.38 bits per heavy atom. The van der Waals surface area contributed by atoms with E-state index >= 15 is 0 Å². The first-order valence-electron chi connectivity index (χ1n) is 5.76. The Bertz CT molecular complexity index is 426. The van der Waals surface area contributed by atoms with E-state index in [-0.39, 0.29) is 6.10 Å². The largest absolute Gasteiger partial charge is 0.391 e. The van der Waals surface area contributed by atoms with Gasteiger partial charge < -0.3 is 4.84 Å². The van der Waals surface area contributed by atoms with Gasteiger partial charge in [0.2, 0.25) is 0 Å². The van der Waals surface area contributed by atoms with Gasteiger partial charge in [-0.15, -0.1) is 11.6 Å². The smallest absolute Gasteiger partial charge is 0.146 e. The van der Waals surface area contributed by atoms with Crippen LogP contribution in [0.3, 0.4) is 0 Å². The SMILES string of the molecule is ClCC1CC(c2cccc(C3CC3)c2)=NO1. The van der Waals surface area contributed by atoms with Crippen LogP contribution in [0.4, 0.5) is 0 Å². The zero-order chi connectivity index (χ0) is 11.0. The van der Waals surface area contributed by atoms with Crippen LogP contribution in [0.25, 0.3) is 0 Å². The summed E-state index contributed by atoms with van der Waals surface area (Å²) in [5, 5.41) is 4.11. The van der Waals surface area contributed by atoms with Crippen LogP contribution in [0, 0.1) is 0 Å². The summed E-state index contributed by atoms with van der Waals surface area (Å²) in [5.74, 6) is 1.29. The summed E-state index contributed by atoms with van der Waals surface area (Å²) < 4.78 is 0. The highest BCUT2D eigenvalue weighted by molar-refractivity contribution is 6.18. The summed E-state index contributed by atoms with van der Waals surface area (Å²) in [6.45, 7) is 0. The predicted octanol–water partition coefficient (Wildman–Crippen LogP) is 3.30. The van der Waals surface area contributed by atoms with Crippen LogP contribution in [-0.4, -0.2) is 17.7 Å². The van der Waals surface area contributed by atoms with Gasteiger partial charge in [0.1, 0.15) is 6.10 Å². The molecule has 1 atom stereocenters. The van der Waals surface area contributed by atoms with Gasteiger partial charge in [0.15, 0.2) is 0 Å². The molecule has 0 bridgehead atoms. The lowest BCUT2D eigenvalue weighted by Crippen LogP contribution is -2.09. The van der Waals surface area contributed by atoms with Gasteiger partial charge in [-0.05, 0) is 36.0 Å². The summed E-state index contributed by atoms with van der Waals surface area (Å²) in [7, 11) is 0. The second kappa shape index (κ2) is 4.10. The molecule has 84 valence electrons. The third-order valence-electron chi connectivity index (χ3n) is 3.17. The molecule has 1 saturated carbocycles. The molecule has 0 amide bonds. The third kappa shape index (κ3) is 1.94. The average molecular weight is 236 g/mol. The van der Waals surface area contributed by atoms with Crippen LogP contribution in [-0.2, 0) is 4.84 Å². The number of rotatable bonds is 3. The van der Waals surface area contributed by atoms with Crippen molar-refractivity contribution in [1.29, 1.82) is 0 Å². The standard InChI is InChI=1S/C13H14ClNO/c14-8-12-7-13(15-16-12)11-3-1-2-10(6-11)9-4-5-9/h1-3,6,9,12H,4-5,7-8H2. The van der Waals surface area contributed by atoms with Crippen LogP contribution in [0.5, 0.6) is 0 Å². The highest BCUT2D eigenvalue weighted by Gasteiger charge is 2.25. The number of hydrogen-bond acceptors (Lipinski definition) is 2. The van der Waals surface area contributed by atoms with E-state index < -0.39 is 0 Å². The normalized spacial score (nSPS) is 24.1. The van der Waals surface area contributed by atoms with Crippen LogP contribution < -0.4 is 0 Å². The van der Waals surface area contributed by atoms with Crippen molar-refractivity contribution in [2.24, 2.45) is 5.16 Å². The Hall–Kier alpha value is -1.02. The van der Waals surface area contributed by atoms with E-state index in [1.54, 1.807) is 0 Å². The summed E-state index contributed by atoms with van der Waals surface area (Å²) in [6, 6.07) is 8.66. The molecule has 3 rings (SSSR count). The van der Waals surface area contributed by atoms with E-state index in [1.807, 2.05) is 0 Å². The molecule has 0 N–H and O–H groups in total. The molecule has 1 aliphatic heterocycles. The van der Waals surface area contributed by atoms with Crippen LogP contribution in [0.15, 0.2) is 29.4 Å². The first-order valence-corrected chi connectivity index (χ1v) is 6.29. The maximum atomic E-state index is 5.75. The lowest BCUT2D eigenvalue weighted by atomic mass is 10.0. The van der Waals surface area contributed by atoms with Crippen molar-refractivity contribution in [1.82, 2.24) is 0 Å². The van der Waals surface area contributed by atoms with E-state index in [0.29, 0.717) is 5.88 Å². The van der Waals surface area contributed by atoms with E-state index in [4.69, 9.17) is 16.4 Å². The topological polar surface area (TPSA) is 21.6 Å². The summed E-state index contributed by atoms with van der Waals surface area (Å²) in [5.41, 5.74) is 3.67. The van der Waals surface area contributed by atoms with Gasteiger partial charge in [-0.25, -0.2) is 0 Å². The van der Waals surface area contributed by atoms with Crippen molar-refractivity contribution in [3.05, 3.63) is 35.4 Å². The first-order chi connectivity index (χ1) is 7.86. The maximum Gasteiger partial charge on any atom is 0.146 e. The Morgan fingerprint density at radius 2 is 2.25 bits per heavy atom. The van der Waals surface area contributed by atoms with E-state index in [9.17, 15) is 0 Å². The van der Waals surface area contributed by atoms with Crippen molar-refractivity contribution in [2.75, 3.05) is 5.88 Å². The predicted molar refractivity (Wildman–Crippen MR) is 65.2 cm³/mol. The van der Waals surface area contributed by atoms with E-state index in [0.717, 1.165) is 18.1 Å². The van der Waals surface area contributed by atoms with Crippen molar-refractivity contribution >= 4 is 17.3 Å². The summed E-state index contributed by atoms with van der Waals surface area (Å²) in [4.78, 5) is 5.24. The molecule has 2 aliphatic rings. The molecular formula is C13H14ClNO. The lowest BCUT2D eigenvalue weighted by molar-refractivity contribution is 0.102. The summed E-state index contributed by atoms with van der Waals surface area (Å²) in [6.07, 6.45) is 3.55. The molecular weight excluding hydrogens is 222 g/mol. The quantitative estimate of drug-likeness (QED) is 0.737. The minimum absolute atomic E-state index is 0.0567. The average Bonchev–Trinajstić information content (AvgIpc) is 3.07. The molecule has 0 radical (unpaired) electrons. The number of nitrogens with zero attached hydrogens (tertiary/aromatic N) is 1. The van der Waals surface area contributed by atoms with Crippen molar-refractivity contribution in [3.63, 3.8) is 0 Å². The zero-order valence-electron chi connectivity index (χ0n) is 9.03. The van der Waals surface area contributed by atoms with Gasteiger partial charge in [-0.3, -0.25) is 0 Å². The Morgan fingerprint density at radius 3 is 2.94 bits per heavy atom. The minimum atomic E-state index is 0.0567. The number of oxime groups is 1. The molecule has 1 unspecified atom stereocenters. The number of halogens is 1.